The van der Waals surface area contributed by atoms with Crippen LogP contribution in [0.5, 0.6) is 0 Å². The molecule has 0 aliphatic rings. The molecule has 15 heavy (non-hydrogen) atoms. The fourth-order valence-corrected chi connectivity index (χ4v) is 2.22. The molecule has 0 amide bonds. The van der Waals surface area contributed by atoms with Crippen molar-refractivity contribution in [3.05, 3.63) is 39.7 Å². The molecule has 74 valence electrons. The van der Waals surface area contributed by atoms with Gasteiger partial charge in [-0.2, -0.15) is 9.64 Å². The monoisotopic (exact) mass is 234 g/mol. The Morgan fingerprint density at radius 3 is 2.80 bits per heavy atom. The van der Waals surface area contributed by atoms with Crippen LogP contribution in [0.1, 0.15) is 10.4 Å². The summed E-state index contributed by atoms with van der Waals surface area (Å²) in [5.74, 6) is 0. The van der Waals surface area contributed by atoms with Gasteiger partial charge in [-0.3, -0.25) is 0 Å². The van der Waals surface area contributed by atoms with E-state index in [1.807, 2.05) is 25.1 Å². The number of aromatic nitrogens is 1. The Morgan fingerprint density at radius 1 is 1.40 bits per heavy atom. The van der Waals surface area contributed by atoms with E-state index in [1.54, 1.807) is 6.07 Å². The standard InChI is InChI=1S/C11H7ClN2S/c1-7-9(6-13)11(14-15-7)8-4-2-3-5-10(8)12/h2-5H,1H3. The normalized spacial score (nSPS) is 9.93. The smallest absolute Gasteiger partial charge is 0.104 e. The first kappa shape index (κ1) is 10.2. The van der Waals surface area contributed by atoms with Crippen molar-refractivity contribution in [2.75, 3.05) is 0 Å². The molecule has 0 fully saturated rings. The number of hydrogen-bond donors (Lipinski definition) is 0. The minimum Gasteiger partial charge on any atom is -0.192 e. The van der Waals surface area contributed by atoms with E-state index in [9.17, 15) is 0 Å². The van der Waals surface area contributed by atoms with E-state index < -0.39 is 0 Å². The molecule has 2 nitrogen and oxygen atoms in total. The zero-order chi connectivity index (χ0) is 10.8. The van der Waals surface area contributed by atoms with Gasteiger partial charge in [-0.25, -0.2) is 0 Å². The average Bonchev–Trinajstić information content (AvgIpc) is 2.60. The average molecular weight is 235 g/mol. The Kier molecular flexibility index (Phi) is 2.72. The summed E-state index contributed by atoms with van der Waals surface area (Å²) < 4.78 is 4.25. The molecule has 0 saturated carbocycles. The second-order valence-electron chi connectivity index (χ2n) is 3.05. The third kappa shape index (κ3) is 1.74. The van der Waals surface area contributed by atoms with Crippen molar-refractivity contribution in [2.24, 2.45) is 0 Å². The summed E-state index contributed by atoms with van der Waals surface area (Å²) in [6, 6.07) is 9.57. The van der Waals surface area contributed by atoms with Crippen LogP contribution in [0.15, 0.2) is 24.3 Å². The van der Waals surface area contributed by atoms with Crippen LogP contribution in [-0.4, -0.2) is 4.37 Å². The predicted molar refractivity (Wildman–Crippen MR) is 62.0 cm³/mol. The number of nitriles is 1. The van der Waals surface area contributed by atoms with Gasteiger partial charge in [-0.15, -0.1) is 0 Å². The highest BCUT2D eigenvalue weighted by Crippen LogP contribution is 2.31. The number of hydrogen-bond acceptors (Lipinski definition) is 3. The fraction of sp³-hybridized carbons (Fsp3) is 0.0909. The van der Waals surface area contributed by atoms with Crippen molar-refractivity contribution in [3.8, 4) is 17.3 Å². The summed E-state index contributed by atoms with van der Waals surface area (Å²) in [5, 5.41) is 9.64. The molecule has 2 aromatic rings. The second kappa shape index (κ2) is 4.01. The Morgan fingerprint density at radius 2 is 2.13 bits per heavy atom. The summed E-state index contributed by atoms with van der Waals surface area (Å²) in [6.45, 7) is 1.89. The second-order valence-corrected chi connectivity index (χ2v) is 4.44. The van der Waals surface area contributed by atoms with Gasteiger partial charge in [0.15, 0.2) is 0 Å². The lowest BCUT2D eigenvalue weighted by molar-refractivity contribution is 1.43. The highest BCUT2D eigenvalue weighted by Gasteiger charge is 2.13. The van der Waals surface area contributed by atoms with Gasteiger partial charge in [0.25, 0.3) is 0 Å². The Hall–Kier alpha value is -1.37. The van der Waals surface area contributed by atoms with Crippen molar-refractivity contribution in [1.29, 1.82) is 5.26 Å². The van der Waals surface area contributed by atoms with Crippen LogP contribution in [0.2, 0.25) is 5.02 Å². The predicted octanol–water partition coefficient (Wildman–Crippen LogP) is 3.64. The van der Waals surface area contributed by atoms with E-state index in [1.165, 1.54) is 11.5 Å². The lowest BCUT2D eigenvalue weighted by Crippen LogP contribution is -1.83. The molecule has 1 aromatic heterocycles. The fourth-order valence-electron chi connectivity index (χ4n) is 1.34. The van der Waals surface area contributed by atoms with Crippen molar-refractivity contribution < 1.29 is 0 Å². The number of nitrogens with zero attached hydrogens (tertiary/aromatic N) is 2. The molecule has 0 spiro atoms. The molecular weight excluding hydrogens is 228 g/mol. The van der Waals surface area contributed by atoms with E-state index in [0.29, 0.717) is 16.3 Å². The first-order valence-corrected chi connectivity index (χ1v) is 5.50. The van der Waals surface area contributed by atoms with E-state index in [4.69, 9.17) is 16.9 Å². The molecule has 0 atom stereocenters. The first-order valence-electron chi connectivity index (χ1n) is 4.35. The molecular formula is C11H7ClN2S. The van der Waals surface area contributed by atoms with Crippen molar-refractivity contribution >= 4 is 23.1 Å². The van der Waals surface area contributed by atoms with Crippen LogP contribution >= 0.6 is 23.1 Å². The van der Waals surface area contributed by atoms with Gasteiger partial charge >= 0.3 is 0 Å². The van der Waals surface area contributed by atoms with Gasteiger partial charge in [0, 0.05) is 10.4 Å². The van der Waals surface area contributed by atoms with Crippen LogP contribution < -0.4 is 0 Å². The quantitative estimate of drug-likeness (QED) is 0.755. The first-order chi connectivity index (χ1) is 7.24. The highest BCUT2D eigenvalue weighted by molar-refractivity contribution is 7.06. The van der Waals surface area contributed by atoms with Gasteiger partial charge < -0.3 is 0 Å². The molecule has 0 aliphatic heterocycles. The number of halogens is 1. The summed E-state index contributed by atoms with van der Waals surface area (Å²) in [6.07, 6.45) is 0. The maximum absolute atomic E-state index is 9.01. The van der Waals surface area contributed by atoms with Gasteiger partial charge in [-0.05, 0) is 24.5 Å². The topological polar surface area (TPSA) is 36.7 Å². The molecule has 0 aliphatic carbocycles. The molecule has 0 bridgehead atoms. The Bertz CT molecular complexity index is 540. The molecule has 0 N–H and O–H groups in total. The summed E-state index contributed by atoms with van der Waals surface area (Å²) >= 11 is 7.38. The van der Waals surface area contributed by atoms with E-state index in [-0.39, 0.29) is 0 Å². The van der Waals surface area contributed by atoms with Crippen LogP contribution in [0.4, 0.5) is 0 Å². The van der Waals surface area contributed by atoms with Gasteiger partial charge in [0.05, 0.1) is 10.6 Å². The lowest BCUT2D eigenvalue weighted by Gasteiger charge is -1.99. The van der Waals surface area contributed by atoms with Crippen LogP contribution in [-0.2, 0) is 0 Å². The largest absolute Gasteiger partial charge is 0.192 e. The SMILES string of the molecule is Cc1snc(-c2ccccc2Cl)c1C#N. The molecule has 0 unspecified atom stereocenters. The summed E-state index contributed by atoms with van der Waals surface area (Å²) in [7, 11) is 0. The summed E-state index contributed by atoms with van der Waals surface area (Å²) in [4.78, 5) is 0.924. The molecule has 4 heteroatoms. The van der Waals surface area contributed by atoms with Crippen molar-refractivity contribution in [2.45, 2.75) is 6.92 Å². The van der Waals surface area contributed by atoms with Crippen LogP contribution in [0, 0.1) is 18.3 Å². The minimum atomic E-state index is 0.619. The molecule has 0 saturated heterocycles. The third-order valence-electron chi connectivity index (χ3n) is 2.10. The number of rotatable bonds is 1. The van der Waals surface area contributed by atoms with Gasteiger partial charge in [0.2, 0.25) is 0 Å². The molecule has 2 rings (SSSR count). The molecule has 1 heterocycles. The lowest BCUT2D eigenvalue weighted by atomic mass is 10.1. The third-order valence-corrected chi connectivity index (χ3v) is 3.18. The van der Waals surface area contributed by atoms with Crippen molar-refractivity contribution in [1.82, 2.24) is 4.37 Å². The van der Waals surface area contributed by atoms with Crippen LogP contribution in [0.25, 0.3) is 11.3 Å². The molecule has 0 radical (unpaired) electrons. The van der Waals surface area contributed by atoms with E-state index in [2.05, 4.69) is 10.4 Å². The maximum atomic E-state index is 9.01. The summed E-state index contributed by atoms with van der Waals surface area (Å²) in [5.41, 5.74) is 2.12. The number of aryl methyl sites for hydroxylation is 1. The minimum absolute atomic E-state index is 0.619. The van der Waals surface area contributed by atoms with E-state index in [0.717, 1.165) is 10.4 Å². The maximum Gasteiger partial charge on any atom is 0.104 e. The zero-order valence-electron chi connectivity index (χ0n) is 7.99. The zero-order valence-corrected chi connectivity index (χ0v) is 9.56. The van der Waals surface area contributed by atoms with Gasteiger partial charge in [-0.1, -0.05) is 29.8 Å². The molecule has 1 aromatic carbocycles. The van der Waals surface area contributed by atoms with Gasteiger partial charge in [0.1, 0.15) is 11.8 Å². The Balaban J connectivity index is 2.66. The van der Waals surface area contributed by atoms with E-state index >= 15 is 0 Å². The van der Waals surface area contributed by atoms with Crippen LogP contribution in [0.3, 0.4) is 0 Å². The number of benzene rings is 1. The Labute approximate surface area is 96.9 Å². The van der Waals surface area contributed by atoms with Crippen molar-refractivity contribution in [3.63, 3.8) is 0 Å². The highest BCUT2D eigenvalue weighted by atomic mass is 35.5.